The van der Waals surface area contributed by atoms with E-state index in [2.05, 4.69) is 0 Å². The van der Waals surface area contributed by atoms with E-state index in [9.17, 15) is 4.79 Å². The van der Waals surface area contributed by atoms with Crippen LogP contribution in [0.1, 0.15) is 40.0 Å². The first-order valence-corrected chi connectivity index (χ1v) is 7.15. The quantitative estimate of drug-likeness (QED) is 0.409. The molecule has 20 heavy (non-hydrogen) atoms. The second kappa shape index (κ2) is 9.10. The van der Waals surface area contributed by atoms with Gasteiger partial charge in [-0.25, -0.2) is 4.79 Å². The lowest BCUT2D eigenvalue weighted by Crippen LogP contribution is -2.26. The Balaban J connectivity index is 1.97. The zero-order chi connectivity index (χ0) is 14.8. The van der Waals surface area contributed by atoms with Crippen LogP contribution in [-0.2, 0) is 23.7 Å². The Morgan fingerprint density at radius 3 is 2.65 bits per heavy atom. The van der Waals surface area contributed by atoms with E-state index in [1.54, 1.807) is 0 Å². The molecule has 1 heterocycles. The van der Waals surface area contributed by atoms with Gasteiger partial charge < -0.3 is 18.9 Å². The third kappa shape index (κ3) is 9.07. The molecule has 1 saturated heterocycles. The van der Waals surface area contributed by atoms with Crippen LogP contribution in [0.4, 0.5) is 0 Å². The largest absolute Gasteiger partial charge is 0.458 e. The van der Waals surface area contributed by atoms with Crippen molar-refractivity contribution >= 4 is 5.97 Å². The molecule has 116 valence electrons. The molecule has 1 atom stereocenters. The Bertz CT molecular complexity index is 300. The molecule has 1 rings (SSSR count). The molecule has 0 spiro atoms. The highest BCUT2D eigenvalue weighted by atomic mass is 16.7. The highest BCUT2D eigenvalue weighted by Crippen LogP contribution is 2.13. The van der Waals surface area contributed by atoms with Crippen molar-refractivity contribution in [2.45, 2.75) is 51.9 Å². The van der Waals surface area contributed by atoms with Crippen LogP contribution in [0.5, 0.6) is 0 Å². The van der Waals surface area contributed by atoms with Crippen LogP contribution in [0.15, 0.2) is 12.2 Å². The minimum atomic E-state index is -0.468. The van der Waals surface area contributed by atoms with E-state index in [1.165, 1.54) is 0 Å². The molecular weight excluding hydrogens is 260 g/mol. The van der Waals surface area contributed by atoms with Crippen LogP contribution in [0.25, 0.3) is 0 Å². The van der Waals surface area contributed by atoms with Crippen molar-refractivity contribution in [2.75, 3.05) is 26.4 Å². The van der Waals surface area contributed by atoms with Gasteiger partial charge in [-0.15, -0.1) is 0 Å². The molecule has 1 aliphatic rings. The van der Waals surface area contributed by atoms with E-state index in [0.717, 1.165) is 25.9 Å². The van der Waals surface area contributed by atoms with Crippen molar-refractivity contribution < 1.29 is 23.7 Å². The molecule has 0 saturated carbocycles. The SMILES string of the molecule is CC(C)(C)OC(=O)COC/C=C\COC1CCCCO1. The molecule has 0 aromatic carbocycles. The zero-order valence-corrected chi connectivity index (χ0v) is 12.7. The topological polar surface area (TPSA) is 54.0 Å². The molecule has 0 radical (unpaired) electrons. The van der Waals surface area contributed by atoms with E-state index in [4.69, 9.17) is 18.9 Å². The summed E-state index contributed by atoms with van der Waals surface area (Å²) in [6.45, 7) is 7.11. The fraction of sp³-hybridized carbons (Fsp3) is 0.800. The maximum absolute atomic E-state index is 11.3. The van der Waals surface area contributed by atoms with Gasteiger partial charge in [-0.05, 0) is 40.0 Å². The normalized spacial score (nSPS) is 20.2. The Morgan fingerprint density at radius 2 is 2.00 bits per heavy atom. The van der Waals surface area contributed by atoms with E-state index in [-0.39, 0.29) is 18.9 Å². The third-order valence-electron chi connectivity index (χ3n) is 2.54. The molecule has 5 nitrogen and oxygen atoms in total. The van der Waals surface area contributed by atoms with E-state index < -0.39 is 5.60 Å². The average molecular weight is 286 g/mol. The molecule has 0 aliphatic carbocycles. The second-order valence-electron chi connectivity index (χ2n) is 5.70. The highest BCUT2D eigenvalue weighted by molar-refractivity contribution is 5.71. The molecular formula is C15H26O5. The predicted octanol–water partition coefficient (Wildman–Crippen LogP) is 2.44. The summed E-state index contributed by atoms with van der Waals surface area (Å²) in [7, 11) is 0. The van der Waals surface area contributed by atoms with Crippen LogP contribution in [0.2, 0.25) is 0 Å². The van der Waals surface area contributed by atoms with Crippen molar-refractivity contribution in [1.82, 2.24) is 0 Å². The molecule has 1 unspecified atom stereocenters. The number of hydrogen-bond donors (Lipinski definition) is 0. The van der Waals surface area contributed by atoms with Gasteiger partial charge in [0.15, 0.2) is 6.29 Å². The minimum Gasteiger partial charge on any atom is -0.458 e. The highest BCUT2D eigenvalue weighted by Gasteiger charge is 2.15. The zero-order valence-electron chi connectivity index (χ0n) is 12.7. The van der Waals surface area contributed by atoms with Crippen molar-refractivity contribution in [2.24, 2.45) is 0 Å². The van der Waals surface area contributed by atoms with Crippen molar-refractivity contribution in [3.63, 3.8) is 0 Å². The average Bonchev–Trinajstić information content (AvgIpc) is 2.37. The maximum Gasteiger partial charge on any atom is 0.332 e. The number of ether oxygens (including phenoxy) is 4. The van der Waals surface area contributed by atoms with Crippen LogP contribution in [0.3, 0.4) is 0 Å². The number of carbonyl (C=O) groups excluding carboxylic acids is 1. The Hall–Kier alpha value is -0.910. The van der Waals surface area contributed by atoms with Gasteiger partial charge in [-0.1, -0.05) is 12.2 Å². The standard InChI is InChI=1S/C15H26O5/c1-15(2,3)20-13(16)12-17-9-6-7-11-19-14-8-4-5-10-18-14/h6-7,14H,4-5,8-12H2,1-3H3/b7-6-. The van der Waals surface area contributed by atoms with Crippen molar-refractivity contribution in [1.29, 1.82) is 0 Å². The maximum atomic E-state index is 11.3. The first-order chi connectivity index (χ1) is 9.47. The summed E-state index contributed by atoms with van der Waals surface area (Å²) in [5, 5.41) is 0. The number of carbonyl (C=O) groups is 1. The second-order valence-corrected chi connectivity index (χ2v) is 5.70. The van der Waals surface area contributed by atoms with Gasteiger partial charge in [0.25, 0.3) is 0 Å². The lowest BCUT2D eigenvalue weighted by molar-refractivity contribution is -0.159. The molecule has 1 fully saturated rings. The first-order valence-electron chi connectivity index (χ1n) is 7.15. The Morgan fingerprint density at radius 1 is 1.25 bits per heavy atom. The lowest BCUT2D eigenvalue weighted by atomic mass is 10.2. The summed E-state index contributed by atoms with van der Waals surface area (Å²) in [5.41, 5.74) is -0.468. The summed E-state index contributed by atoms with van der Waals surface area (Å²) in [6, 6.07) is 0. The van der Waals surface area contributed by atoms with Crippen LogP contribution in [-0.4, -0.2) is 44.3 Å². The summed E-state index contributed by atoms with van der Waals surface area (Å²) >= 11 is 0. The molecule has 5 heteroatoms. The van der Waals surface area contributed by atoms with Crippen LogP contribution >= 0.6 is 0 Å². The number of rotatable bonds is 7. The minimum absolute atomic E-state index is 0.0335. The molecule has 0 amide bonds. The Labute approximate surface area is 121 Å². The van der Waals surface area contributed by atoms with Gasteiger partial charge in [0.05, 0.1) is 13.2 Å². The fourth-order valence-electron chi connectivity index (χ4n) is 1.72. The van der Waals surface area contributed by atoms with E-state index >= 15 is 0 Å². The Kier molecular flexibility index (Phi) is 7.80. The molecule has 0 bridgehead atoms. The molecule has 0 N–H and O–H groups in total. The first kappa shape index (κ1) is 17.1. The van der Waals surface area contributed by atoms with Gasteiger partial charge in [0, 0.05) is 6.61 Å². The van der Waals surface area contributed by atoms with Gasteiger partial charge in [0.2, 0.25) is 0 Å². The van der Waals surface area contributed by atoms with E-state index in [0.29, 0.717) is 13.2 Å². The van der Waals surface area contributed by atoms with E-state index in [1.807, 2.05) is 32.9 Å². The molecule has 0 aromatic heterocycles. The summed E-state index contributed by atoms with van der Waals surface area (Å²) < 4.78 is 21.3. The van der Waals surface area contributed by atoms with Gasteiger partial charge in [-0.2, -0.15) is 0 Å². The fourth-order valence-corrected chi connectivity index (χ4v) is 1.72. The van der Waals surface area contributed by atoms with Crippen LogP contribution in [0, 0.1) is 0 Å². The molecule has 1 aliphatic heterocycles. The van der Waals surface area contributed by atoms with Crippen molar-refractivity contribution in [3.05, 3.63) is 12.2 Å². The van der Waals surface area contributed by atoms with Crippen LogP contribution < -0.4 is 0 Å². The monoisotopic (exact) mass is 286 g/mol. The van der Waals surface area contributed by atoms with Gasteiger partial charge in [-0.3, -0.25) is 0 Å². The number of hydrogen-bond acceptors (Lipinski definition) is 5. The lowest BCUT2D eigenvalue weighted by Gasteiger charge is -2.21. The summed E-state index contributed by atoms with van der Waals surface area (Å²) in [4.78, 5) is 11.3. The van der Waals surface area contributed by atoms with Gasteiger partial charge in [0.1, 0.15) is 12.2 Å². The predicted molar refractivity (Wildman–Crippen MR) is 75.3 cm³/mol. The smallest absolute Gasteiger partial charge is 0.332 e. The summed E-state index contributed by atoms with van der Waals surface area (Å²) in [5.74, 6) is -0.349. The van der Waals surface area contributed by atoms with Gasteiger partial charge >= 0.3 is 5.97 Å². The molecule has 0 aromatic rings. The third-order valence-corrected chi connectivity index (χ3v) is 2.54. The number of esters is 1. The summed E-state index contributed by atoms with van der Waals surface area (Å²) in [6.07, 6.45) is 6.86. The van der Waals surface area contributed by atoms with Crippen molar-refractivity contribution in [3.8, 4) is 0 Å².